The van der Waals surface area contributed by atoms with Crippen molar-refractivity contribution in [3.63, 3.8) is 0 Å². The van der Waals surface area contributed by atoms with Crippen LogP contribution in [-0.2, 0) is 4.79 Å². The van der Waals surface area contributed by atoms with Crippen LogP contribution in [0.15, 0.2) is 0 Å². The molecule has 0 aromatic carbocycles. The summed E-state index contributed by atoms with van der Waals surface area (Å²) >= 11 is 4.03. The number of carbonyl (C=O) groups excluding carboxylic acids is 1. The molecule has 0 aliphatic heterocycles. The molecule has 0 amide bonds. The first-order valence-corrected chi connectivity index (χ1v) is 2.90. The quantitative estimate of drug-likeness (QED) is 0.379. The van der Waals surface area contributed by atoms with Crippen LogP contribution in [0, 0.1) is 0 Å². The van der Waals surface area contributed by atoms with Gasteiger partial charge in [0.15, 0.2) is 0 Å². The first-order valence-electron chi connectivity index (χ1n) is 1.52. The van der Waals surface area contributed by atoms with Crippen molar-refractivity contribution in [3.05, 3.63) is 0 Å². The van der Waals surface area contributed by atoms with E-state index in [4.69, 9.17) is 0 Å². The third-order valence-electron chi connectivity index (χ3n) is 0.399. The van der Waals surface area contributed by atoms with E-state index < -0.39 is 8.41 Å². The topological polar surface area (TPSA) is 17.1 Å². The van der Waals surface area contributed by atoms with Gasteiger partial charge in [0.25, 0.3) is 0 Å². The number of rotatable bonds is 1. The molecule has 0 fully saturated rings. The number of hydrogen-bond acceptors (Lipinski definition) is 1. The van der Waals surface area contributed by atoms with Crippen LogP contribution in [0.3, 0.4) is 0 Å². The maximum absolute atomic E-state index is 11.3. The molecule has 36 valence electrons. The van der Waals surface area contributed by atoms with Crippen molar-refractivity contribution in [2.24, 2.45) is 0 Å². The minimum atomic E-state index is -3.60. The van der Waals surface area contributed by atoms with Crippen LogP contribution in [0.1, 0.15) is 0 Å². The van der Waals surface area contributed by atoms with Crippen LogP contribution >= 0.6 is 11.6 Å². The fourth-order valence-electron chi connectivity index (χ4n) is 0. The van der Waals surface area contributed by atoms with E-state index in [1.54, 1.807) is 0 Å². The van der Waals surface area contributed by atoms with Gasteiger partial charge in [0.05, 0.1) is 0 Å². The molecule has 0 rings (SSSR count). The van der Waals surface area contributed by atoms with Gasteiger partial charge in [-0.15, -0.1) is 0 Å². The Hall–Kier alpha value is 0.820. The number of carbonyl (C=O) groups is 1. The molecule has 0 unspecified atom stereocenters. The van der Waals surface area contributed by atoms with Crippen molar-refractivity contribution in [1.82, 2.24) is 0 Å². The average molecular weight is 136 g/mol. The molecule has 0 radical (unpaired) electrons. The summed E-state index contributed by atoms with van der Waals surface area (Å²) in [5, 5.41) is -3.60. The predicted molar refractivity (Wildman–Crippen MR) is 21.6 cm³/mol. The van der Waals surface area contributed by atoms with Gasteiger partial charge in [-0.3, -0.25) is 0 Å². The molecular weight excluding hydrogens is 136 g/mol. The summed E-state index contributed by atoms with van der Waals surface area (Å²) in [7, 11) is 0. The molecule has 0 aromatic rings. The standard InChI is InChI=1S/C2ClF2O.Na/c3-2(4,5)1-6;. The maximum atomic E-state index is 11.3. The molecule has 0 saturated heterocycles. The Morgan fingerprint density at radius 2 is 1.86 bits per heavy atom. The van der Waals surface area contributed by atoms with Crippen LogP contribution < -0.4 is 0 Å². The zero-order chi connectivity index (χ0) is 6.08. The van der Waals surface area contributed by atoms with Gasteiger partial charge >= 0.3 is 61.5 Å². The Morgan fingerprint density at radius 1 is 1.71 bits per heavy atom. The molecule has 0 aliphatic carbocycles. The molecule has 0 N–H and O–H groups in total. The van der Waals surface area contributed by atoms with Crippen molar-refractivity contribution >= 4 is 42.6 Å². The summed E-state index contributed by atoms with van der Waals surface area (Å²) in [6, 6.07) is 0. The molecule has 0 aliphatic rings. The molecule has 0 spiro atoms. The van der Waals surface area contributed by atoms with Crippen LogP contribution in [0.5, 0.6) is 0 Å². The van der Waals surface area contributed by atoms with Crippen molar-refractivity contribution in [3.8, 4) is 0 Å². The fraction of sp³-hybridized carbons (Fsp3) is 0.500. The number of hydrogen-bond donors (Lipinski definition) is 0. The SMILES string of the molecule is O=[C]([Na])C(F)(F)Cl. The van der Waals surface area contributed by atoms with Crippen LogP contribution in [-0.4, -0.2) is 36.3 Å². The summed E-state index contributed by atoms with van der Waals surface area (Å²) < 4.78 is 21.4. The summed E-state index contributed by atoms with van der Waals surface area (Å²) in [5.74, 6) is 0. The summed E-state index contributed by atoms with van der Waals surface area (Å²) in [4.78, 5) is 9.65. The second-order valence-corrected chi connectivity index (χ2v) is 2.44. The predicted octanol–water partition coefficient (Wildman–Crippen LogP) is 0.513. The van der Waals surface area contributed by atoms with Crippen molar-refractivity contribution in [2.45, 2.75) is 5.38 Å². The Balaban J connectivity index is 3.79. The zero-order valence-electron chi connectivity index (χ0n) is 3.54. The summed E-state index contributed by atoms with van der Waals surface area (Å²) in [5.41, 5.74) is 0. The Labute approximate surface area is 61.4 Å². The molecule has 5 heteroatoms. The van der Waals surface area contributed by atoms with Gasteiger partial charge in [0.1, 0.15) is 0 Å². The van der Waals surface area contributed by atoms with Gasteiger partial charge in [0, 0.05) is 0 Å². The minimum absolute atomic E-state index is 0.193. The summed E-state index contributed by atoms with van der Waals surface area (Å²) in [6.45, 7) is 0. The van der Waals surface area contributed by atoms with E-state index in [0.29, 0.717) is 0 Å². The number of alkyl halides is 3. The third-order valence-corrected chi connectivity index (χ3v) is 1.61. The molecule has 1 nitrogen and oxygen atoms in total. The van der Waals surface area contributed by atoms with E-state index in [2.05, 4.69) is 11.6 Å². The van der Waals surface area contributed by atoms with Crippen molar-refractivity contribution < 1.29 is 13.6 Å². The Bertz CT molecular complexity index is 88.2. The summed E-state index contributed by atoms with van der Waals surface area (Å²) in [6.07, 6.45) is 0. The second kappa shape index (κ2) is 2.40. The van der Waals surface area contributed by atoms with E-state index in [1.807, 2.05) is 0 Å². The normalized spacial score (nSPS) is 11.6. The van der Waals surface area contributed by atoms with Crippen LogP contribution in [0.25, 0.3) is 0 Å². The molecule has 0 aromatic heterocycles. The third kappa shape index (κ3) is 3.41. The molecule has 0 saturated carbocycles. The first-order chi connectivity index (χ1) is 2.94. The van der Waals surface area contributed by atoms with Crippen molar-refractivity contribution in [1.29, 1.82) is 0 Å². The van der Waals surface area contributed by atoms with E-state index >= 15 is 0 Å². The van der Waals surface area contributed by atoms with Crippen LogP contribution in [0.4, 0.5) is 8.78 Å². The molecule has 7 heavy (non-hydrogen) atoms. The van der Waals surface area contributed by atoms with Crippen molar-refractivity contribution in [2.75, 3.05) is 0 Å². The van der Waals surface area contributed by atoms with Crippen LogP contribution in [0.2, 0.25) is 0 Å². The monoisotopic (exact) mass is 136 g/mol. The average Bonchev–Trinajstić information content (AvgIpc) is 1.31. The Morgan fingerprint density at radius 3 is 1.86 bits per heavy atom. The Kier molecular flexibility index (Phi) is 2.68. The van der Waals surface area contributed by atoms with Gasteiger partial charge in [-0.1, -0.05) is 0 Å². The fourth-order valence-corrected chi connectivity index (χ4v) is 0. The van der Waals surface area contributed by atoms with Gasteiger partial charge in [0.2, 0.25) is 0 Å². The number of halogens is 3. The van der Waals surface area contributed by atoms with Gasteiger partial charge in [-0.25, -0.2) is 0 Å². The van der Waals surface area contributed by atoms with E-state index in [9.17, 15) is 13.6 Å². The van der Waals surface area contributed by atoms with E-state index in [-0.39, 0.29) is 27.9 Å². The van der Waals surface area contributed by atoms with Gasteiger partial charge in [-0.2, -0.15) is 0 Å². The molecule has 0 atom stereocenters. The van der Waals surface area contributed by atoms with Gasteiger partial charge < -0.3 is 0 Å². The van der Waals surface area contributed by atoms with E-state index in [0.717, 1.165) is 0 Å². The van der Waals surface area contributed by atoms with Gasteiger partial charge in [-0.05, 0) is 0 Å². The second-order valence-electron chi connectivity index (χ2n) is 1.05. The molecular formula is C2ClF2NaO. The first kappa shape index (κ1) is 7.82. The molecule has 0 heterocycles. The zero-order valence-corrected chi connectivity index (χ0v) is 6.30. The van der Waals surface area contributed by atoms with E-state index in [1.165, 1.54) is 0 Å². The molecule has 0 bridgehead atoms.